The van der Waals surface area contributed by atoms with E-state index in [1.54, 1.807) is 0 Å². The molecule has 0 fully saturated rings. The maximum absolute atomic E-state index is 9.76. The van der Waals surface area contributed by atoms with Crippen molar-refractivity contribution in [3.05, 3.63) is 0 Å². The van der Waals surface area contributed by atoms with Crippen LogP contribution >= 0.6 is 0 Å². The molecule has 0 bridgehead atoms. The van der Waals surface area contributed by atoms with E-state index in [1.165, 1.54) is 0 Å². The topological polar surface area (TPSA) is 50.1 Å². The van der Waals surface area contributed by atoms with E-state index in [0.717, 1.165) is 6.42 Å². The fourth-order valence-electron chi connectivity index (χ4n) is 0.159. The Hall–Kier alpha value is 0.0700. The number of hydrogen-bond donors (Lipinski definition) is 0. The summed E-state index contributed by atoms with van der Waals surface area (Å²) in [7, 11) is 0. The first-order valence-corrected chi connectivity index (χ1v) is 3.11. The van der Waals surface area contributed by atoms with Gasteiger partial charge in [0.1, 0.15) is 0 Å². The molecule has 1 unspecified atom stereocenters. The summed E-state index contributed by atoms with van der Waals surface area (Å²) in [6.45, 7) is 2.31. The first kappa shape index (κ1) is 7.07. The second-order valence-electron chi connectivity index (χ2n) is 1.06. The molecule has 0 aromatic rings. The van der Waals surface area contributed by atoms with Gasteiger partial charge in [0.25, 0.3) is 0 Å². The van der Waals surface area contributed by atoms with E-state index >= 15 is 0 Å². The van der Waals surface area contributed by atoms with E-state index in [0.29, 0.717) is 6.61 Å². The summed E-state index contributed by atoms with van der Waals surface area (Å²) in [6, 6.07) is 0. The van der Waals surface area contributed by atoms with Gasteiger partial charge in [-0.05, 0) is 6.42 Å². The van der Waals surface area contributed by atoms with Crippen LogP contribution in [0, 0.1) is 0 Å². The second-order valence-corrected chi connectivity index (χ2v) is 1.76. The summed E-state index contributed by atoms with van der Waals surface area (Å²) in [4.78, 5) is 0. The third kappa shape index (κ3) is 6.07. The van der Waals surface area contributed by atoms with Crippen molar-refractivity contribution in [3.8, 4) is 0 Å². The van der Waals surface area contributed by atoms with Crippen molar-refractivity contribution < 1.29 is 8.39 Å². The van der Waals surface area contributed by atoms with Gasteiger partial charge in [-0.1, -0.05) is 6.92 Å². The minimum Gasteiger partial charge on any atom is -0.277 e. The lowest BCUT2D eigenvalue weighted by Crippen LogP contribution is -1.96. The molecule has 0 saturated heterocycles. The summed E-state index contributed by atoms with van der Waals surface area (Å²) < 4.78 is 14.1. The predicted octanol–water partition coefficient (Wildman–Crippen LogP) is 0.275. The van der Waals surface area contributed by atoms with E-state index in [9.17, 15) is 4.21 Å². The average molecular weight is 122 g/mol. The molecule has 4 heteroatoms. The maximum atomic E-state index is 9.76. The van der Waals surface area contributed by atoms with Gasteiger partial charge in [-0.25, -0.2) is 4.21 Å². The largest absolute Gasteiger partial charge is 0.277 e. The molecule has 0 rings (SSSR count). The molecule has 0 spiro atoms. The highest BCUT2D eigenvalue weighted by atomic mass is 32.2. The Balaban J connectivity index is 2.82. The van der Waals surface area contributed by atoms with Crippen LogP contribution in [-0.4, -0.2) is 10.8 Å². The highest BCUT2D eigenvalue weighted by Gasteiger charge is 1.85. The van der Waals surface area contributed by atoms with Gasteiger partial charge in [0, 0.05) is 0 Å². The Bertz CT molecular complexity index is 66.0. The summed E-state index contributed by atoms with van der Waals surface area (Å²) in [5.41, 5.74) is 0. The van der Waals surface area contributed by atoms with E-state index in [-0.39, 0.29) is 0 Å². The van der Waals surface area contributed by atoms with Crippen LogP contribution in [0.25, 0.3) is 0 Å². The lowest BCUT2D eigenvalue weighted by atomic mass is 10.5. The van der Waals surface area contributed by atoms with E-state index < -0.39 is 11.3 Å². The van der Waals surface area contributed by atoms with Crippen LogP contribution in [0.4, 0.5) is 0 Å². The van der Waals surface area contributed by atoms with Gasteiger partial charge in [-0.3, -0.25) is 4.18 Å². The Morgan fingerprint density at radius 1 is 1.86 bits per heavy atom. The van der Waals surface area contributed by atoms with Gasteiger partial charge < -0.3 is 0 Å². The molecule has 3 nitrogen and oxygen atoms in total. The smallest absolute Gasteiger partial charge is 0.249 e. The van der Waals surface area contributed by atoms with Crippen molar-refractivity contribution in [2.24, 2.45) is 0 Å². The first-order chi connectivity index (χ1) is 3.27. The minimum atomic E-state index is -1.82. The van der Waals surface area contributed by atoms with Crippen LogP contribution in [0.15, 0.2) is 0 Å². The molecular formula is C3H8NO2S. The van der Waals surface area contributed by atoms with Crippen molar-refractivity contribution in [1.29, 1.82) is 0 Å². The number of hydrogen-bond acceptors (Lipinski definition) is 2. The molecule has 7 heavy (non-hydrogen) atoms. The Morgan fingerprint density at radius 3 is 2.57 bits per heavy atom. The highest BCUT2D eigenvalue weighted by Crippen LogP contribution is 1.80. The second kappa shape index (κ2) is 4.23. The molecule has 0 aromatic carbocycles. The van der Waals surface area contributed by atoms with Gasteiger partial charge in [0.2, 0.25) is 11.3 Å². The van der Waals surface area contributed by atoms with Gasteiger partial charge in [0.15, 0.2) is 0 Å². The van der Waals surface area contributed by atoms with E-state index in [2.05, 4.69) is 4.18 Å². The summed E-state index contributed by atoms with van der Waals surface area (Å²) in [6.07, 6.45) is 0.810. The summed E-state index contributed by atoms with van der Waals surface area (Å²) >= 11 is -1.82. The molecular weight excluding hydrogens is 114 g/mol. The van der Waals surface area contributed by atoms with Crippen LogP contribution < -0.4 is 5.14 Å². The Labute approximate surface area is 45.6 Å². The molecule has 0 saturated carbocycles. The quantitative estimate of drug-likeness (QED) is 0.539. The zero-order valence-electron chi connectivity index (χ0n) is 4.14. The van der Waals surface area contributed by atoms with Crippen LogP contribution in [0.3, 0.4) is 0 Å². The SMILES string of the molecule is CCCOS([NH])=O. The number of rotatable bonds is 3. The van der Waals surface area contributed by atoms with Crippen LogP contribution in [0.2, 0.25) is 0 Å². The third-order valence-corrected chi connectivity index (χ3v) is 0.775. The molecule has 0 aromatic heterocycles. The van der Waals surface area contributed by atoms with E-state index in [4.69, 9.17) is 5.14 Å². The molecule has 0 heterocycles. The Kier molecular flexibility index (Phi) is 4.28. The molecule has 0 amide bonds. The van der Waals surface area contributed by atoms with Crippen molar-refractivity contribution in [2.45, 2.75) is 13.3 Å². The molecule has 0 aliphatic carbocycles. The fourth-order valence-corrected chi connectivity index (χ4v) is 0.477. The molecule has 1 N–H and O–H groups in total. The molecule has 1 atom stereocenters. The molecule has 1 radical (unpaired) electrons. The van der Waals surface area contributed by atoms with Gasteiger partial charge in [0.05, 0.1) is 6.61 Å². The van der Waals surface area contributed by atoms with Gasteiger partial charge in [-0.2, -0.15) is 0 Å². The van der Waals surface area contributed by atoms with Crippen molar-refractivity contribution in [2.75, 3.05) is 6.61 Å². The predicted molar refractivity (Wildman–Crippen MR) is 27.5 cm³/mol. The maximum Gasteiger partial charge on any atom is 0.249 e. The van der Waals surface area contributed by atoms with Gasteiger partial charge in [-0.15, -0.1) is 5.14 Å². The van der Waals surface area contributed by atoms with Crippen LogP contribution in [0.1, 0.15) is 13.3 Å². The van der Waals surface area contributed by atoms with Crippen LogP contribution in [-0.2, 0) is 15.4 Å². The first-order valence-electron chi connectivity index (χ1n) is 2.03. The van der Waals surface area contributed by atoms with Crippen molar-refractivity contribution in [1.82, 2.24) is 5.14 Å². The average Bonchev–Trinajstić information content (AvgIpc) is 1.61. The summed E-state index contributed by atoms with van der Waals surface area (Å²) in [5.74, 6) is 0. The lowest BCUT2D eigenvalue weighted by Gasteiger charge is -1.89. The molecule has 43 valence electrons. The third-order valence-electron chi connectivity index (χ3n) is 0.394. The van der Waals surface area contributed by atoms with Crippen molar-refractivity contribution in [3.63, 3.8) is 0 Å². The normalized spacial score (nSPS) is 14.0. The molecule has 0 aliphatic heterocycles. The highest BCUT2D eigenvalue weighted by molar-refractivity contribution is 7.77. The zero-order valence-corrected chi connectivity index (χ0v) is 4.96. The van der Waals surface area contributed by atoms with Crippen molar-refractivity contribution >= 4 is 11.3 Å². The van der Waals surface area contributed by atoms with Gasteiger partial charge >= 0.3 is 0 Å². The summed E-state index contributed by atoms with van der Waals surface area (Å²) in [5, 5.41) is 6.33. The van der Waals surface area contributed by atoms with E-state index in [1.807, 2.05) is 6.92 Å². The molecule has 0 aliphatic rings. The Morgan fingerprint density at radius 2 is 2.43 bits per heavy atom. The minimum absolute atomic E-state index is 0.413. The monoisotopic (exact) mass is 122 g/mol. The number of nitrogens with one attached hydrogen (secondary N) is 1. The van der Waals surface area contributed by atoms with Crippen LogP contribution in [0.5, 0.6) is 0 Å². The fraction of sp³-hybridized carbons (Fsp3) is 1.00. The standard InChI is InChI=1S/C3H8NO2S/c1-2-3-6-7(4)5/h4H,2-3H2,1H3. The zero-order chi connectivity index (χ0) is 5.70. The lowest BCUT2D eigenvalue weighted by molar-refractivity contribution is 0.347.